The standard InChI is InChI=1S/C36H20Cl2FN3O3S/c1-45-36(43)23-8-14-29(31(38)17-23)21-4-2-5-22(16-21)35-34(33-24(19-40)6-3-7-25(33)20-41)30-18-27(39)11-15-32(30)42(35)46(44)28-12-9-26(37)10-13-28/h2-18H,1H3. The minimum Gasteiger partial charge on any atom is -0.587 e. The van der Waals surface area contributed by atoms with E-state index in [4.69, 9.17) is 27.9 Å². The molecule has 0 amide bonds. The maximum atomic E-state index is 15.0. The molecule has 224 valence electrons. The SMILES string of the molecule is COC(=O)c1ccc(-c2cccc(-c3c(-c4c(C#N)cccc4C#N)c4cc(F)ccc4n3[S+]([O-])c3ccc(Cl)cc3)c2)c(Cl)c1. The molecule has 46 heavy (non-hydrogen) atoms. The first-order valence-corrected chi connectivity index (χ1v) is 15.6. The topological polar surface area (TPSA) is 102 Å². The van der Waals surface area contributed by atoms with Gasteiger partial charge in [0.25, 0.3) is 0 Å². The van der Waals surface area contributed by atoms with E-state index in [-0.39, 0.29) is 22.3 Å². The van der Waals surface area contributed by atoms with Gasteiger partial charge in [0, 0.05) is 37.7 Å². The number of benzene rings is 5. The smallest absolute Gasteiger partial charge is 0.337 e. The molecule has 6 aromatic rings. The van der Waals surface area contributed by atoms with E-state index in [9.17, 15) is 24.3 Å². The number of carbonyl (C=O) groups excluding carboxylic acids is 1. The highest BCUT2D eigenvalue weighted by Crippen LogP contribution is 2.46. The molecule has 0 aliphatic carbocycles. The highest BCUT2D eigenvalue weighted by atomic mass is 35.5. The minimum atomic E-state index is -1.89. The van der Waals surface area contributed by atoms with Gasteiger partial charge in [-0.05, 0) is 78.4 Å². The number of nitrogens with zero attached hydrogens (tertiary/aromatic N) is 3. The van der Waals surface area contributed by atoms with Crippen LogP contribution in [0.2, 0.25) is 10.0 Å². The number of hydrogen-bond acceptors (Lipinski definition) is 5. The number of ether oxygens (including phenoxy) is 1. The number of halogens is 3. The number of fused-ring (bicyclic) bond motifs is 1. The lowest BCUT2D eigenvalue weighted by atomic mass is 9.90. The number of rotatable bonds is 6. The van der Waals surface area contributed by atoms with Gasteiger partial charge in [-0.2, -0.15) is 14.5 Å². The van der Waals surface area contributed by atoms with Crippen molar-refractivity contribution in [1.29, 1.82) is 10.5 Å². The van der Waals surface area contributed by atoms with Crippen LogP contribution in [-0.2, 0) is 16.1 Å². The predicted molar refractivity (Wildman–Crippen MR) is 177 cm³/mol. The van der Waals surface area contributed by atoms with Crippen molar-refractivity contribution in [3.63, 3.8) is 0 Å². The molecule has 1 unspecified atom stereocenters. The van der Waals surface area contributed by atoms with Crippen molar-refractivity contribution in [2.75, 3.05) is 7.11 Å². The summed E-state index contributed by atoms with van der Waals surface area (Å²) in [4.78, 5) is 12.5. The Hall–Kier alpha value is -5.09. The van der Waals surface area contributed by atoms with Crippen molar-refractivity contribution in [3.05, 3.63) is 136 Å². The molecule has 1 heterocycles. The van der Waals surface area contributed by atoms with Crippen LogP contribution < -0.4 is 0 Å². The zero-order chi connectivity index (χ0) is 32.5. The number of nitriles is 2. The lowest BCUT2D eigenvalue weighted by Gasteiger charge is -2.17. The fourth-order valence-electron chi connectivity index (χ4n) is 5.41. The summed E-state index contributed by atoms with van der Waals surface area (Å²) < 4.78 is 35.8. The highest BCUT2D eigenvalue weighted by Gasteiger charge is 2.31. The lowest BCUT2D eigenvalue weighted by Crippen LogP contribution is -2.14. The van der Waals surface area contributed by atoms with E-state index in [0.717, 1.165) is 0 Å². The van der Waals surface area contributed by atoms with Crippen LogP contribution in [0.15, 0.2) is 108 Å². The van der Waals surface area contributed by atoms with Gasteiger partial charge in [0.05, 0.1) is 41.5 Å². The molecule has 1 atom stereocenters. The van der Waals surface area contributed by atoms with Crippen molar-refractivity contribution < 1.29 is 18.5 Å². The molecule has 0 saturated heterocycles. The van der Waals surface area contributed by atoms with Crippen LogP contribution in [0.1, 0.15) is 21.5 Å². The third-order valence-electron chi connectivity index (χ3n) is 7.46. The van der Waals surface area contributed by atoms with Gasteiger partial charge >= 0.3 is 5.97 Å². The predicted octanol–water partition coefficient (Wildman–Crippen LogP) is 9.19. The summed E-state index contributed by atoms with van der Waals surface area (Å²) in [7, 11) is 1.28. The van der Waals surface area contributed by atoms with E-state index >= 15 is 0 Å². The third kappa shape index (κ3) is 5.49. The molecule has 0 saturated carbocycles. The number of carbonyl (C=O) groups is 1. The second kappa shape index (κ2) is 12.7. The first-order chi connectivity index (χ1) is 22.2. The number of esters is 1. The van der Waals surface area contributed by atoms with Crippen LogP contribution in [0, 0.1) is 28.5 Å². The maximum absolute atomic E-state index is 15.0. The van der Waals surface area contributed by atoms with Crippen LogP contribution in [0.5, 0.6) is 0 Å². The fourth-order valence-corrected chi connectivity index (χ4v) is 7.11. The van der Waals surface area contributed by atoms with E-state index in [1.54, 1.807) is 70.7 Å². The highest BCUT2D eigenvalue weighted by molar-refractivity contribution is 7.90. The van der Waals surface area contributed by atoms with Crippen LogP contribution in [0.25, 0.3) is 44.4 Å². The summed E-state index contributed by atoms with van der Waals surface area (Å²) in [6.07, 6.45) is 0. The minimum absolute atomic E-state index is 0.193. The summed E-state index contributed by atoms with van der Waals surface area (Å²) >= 11 is 10.9. The quantitative estimate of drug-likeness (QED) is 0.131. The van der Waals surface area contributed by atoms with Crippen LogP contribution in [0.4, 0.5) is 4.39 Å². The van der Waals surface area contributed by atoms with Crippen molar-refractivity contribution >= 4 is 51.4 Å². The second-order valence-electron chi connectivity index (χ2n) is 10.1. The zero-order valence-corrected chi connectivity index (χ0v) is 26.3. The van der Waals surface area contributed by atoms with E-state index in [2.05, 4.69) is 12.1 Å². The Bertz CT molecular complexity index is 2220. The first-order valence-electron chi connectivity index (χ1n) is 13.7. The molecular formula is C36H20Cl2FN3O3S. The van der Waals surface area contributed by atoms with Gasteiger partial charge in [-0.3, -0.25) is 0 Å². The number of methoxy groups -OCH3 is 1. The normalized spacial score (nSPS) is 11.5. The zero-order valence-electron chi connectivity index (χ0n) is 23.9. The van der Waals surface area contributed by atoms with Gasteiger partial charge in [0.1, 0.15) is 22.9 Å². The van der Waals surface area contributed by atoms with Gasteiger partial charge < -0.3 is 9.29 Å². The Morgan fingerprint density at radius 1 is 0.848 bits per heavy atom. The number of hydrogen-bond donors (Lipinski definition) is 0. The second-order valence-corrected chi connectivity index (χ2v) is 12.3. The van der Waals surface area contributed by atoms with Gasteiger partial charge in [-0.25, -0.2) is 9.18 Å². The molecule has 0 spiro atoms. The molecule has 0 N–H and O–H groups in total. The average Bonchev–Trinajstić information content (AvgIpc) is 3.41. The molecule has 6 rings (SSSR count). The molecule has 0 aliphatic heterocycles. The van der Waals surface area contributed by atoms with Crippen molar-refractivity contribution in [2.45, 2.75) is 4.90 Å². The largest absolute Gasteiger partial charge is 0.587 e. The van der Waals surface area contributed by atoms with Crippen molar-refractivity contribution in [1.82, 2.24) is 3.97 Å². The van der Waals surface area contributed by atoms with E-state index in [0.29, 0.717) is 53.8 Å². The Balaban J connectivity index is 1.71. The molecular weight excluding hydrogens is 644 g/mol. The summed E-state index contributed by atoms with van der Waals surface area (Å²) in [5.74, 6) is -1.08. The molecule has 0 fully saturated rings. The van der Waals surface area contributed by atoms with Crippen molar-refractivity contribution in [2.24, 2.45) is 0 Å². The van der Waals surface area contributed by atoms with Gasteiger partial charge in [-0.1, -0.05) is 53.5 Å². The summed E-state index contributed by atoms with van der Waals surface area (Å²) in [5, 5.41) is 21.4. The fraction of sp³-hybridized carbons (Fsp3) is 0.0278. The molecule has 6 nitrogen and oxygen atoms in total. The number of aromatic nitrogens is 1. The summed E-state index contributed by atoms with van der Waals surface area (Å²) in [6, 6.07) is 31.8. The third-order valence-corrected chi connectivity index (χ3v) is 9.41. The molecule has 0 bridgehead atoms. The molecule has 0 radical (unpaired) electrons. The van der Waals surface area contributed by atoms with Gasteiger partial charge in [0.2, 0.25) is 0 Å². The van der Waals surface area contributed by atoms with Gasteiger partial charge in [-0.15, -0.1) is 0 Å². The Morgan fingerprint density at radius 3 is 2.17 bits per heavy atom. The summed E-state index contributed by atoms with van der Waals surface area (Å²) in [6.45, 7) is 0. The van der Waals surface area contributed by atoms with E-state index < -0.39 is 23.1 Å². The van der Waals surface area contributed by atoms with Crippen LogP contribution in [-0.4, -0.2) is 21.6 Å². The Labute approximate surface area is 276 Å². The maximum Gasteiger partial charge on any atom is 0.337 e. The lowest BCUT2D eigenvalue weighted by molar-refractivity contribution is 0.0600. The van der Waals surface area contributed by atoms with E-state index in [1.165, 1.54) is 31.4 Å². The first kappa shape index (κ1) is 30.9. The summed E-state index contributed by atoms with van der Waals surface area (Å²) in [5.41, 5.74) is 3.96. The van der Waals surface area contributed by atoms with Crippen molar-refractivity contribution in [3.8, 4) is 45.6 Å². The van der Waals surface area contributed by atoms with E-state index in [1.807, 2.05) is 12.1 Å². The van der Waals surface area contributed by atoms with Gasteiger partial charge in [0.15, 0.2) is 4.90 Å². The molecule has 10 heteroatoms. The Morgan fingerprint density at radius 2 is 1.52 bits per heavy atom. The van der Waals surface area contributed by atoms with Crippen LogP contribution in [0.3, 0.4) is 0 Å². The monoisotopic (exact) mass is 663 g/mol. The molecule has 5 aromatic carbocycles. The molecule has 0 aliphatic rings. The van der Waals surface area contributed by atoms with Crippen LogP contribution >= 0.6 is 23.2 Å². The molecule has 1 aromatic heterocycles. The average molecular weight is 665 g/mol. The Kier molecular flexibility index (Phi) is 8.55.